The zero-order chi connectivity index (χ0) is 28.2. The summed E-state index contributed by atoms with van der Waals surface area (Å²) in [6.07, 6.45) is 12.6. The molecule has 0 saturated carbocycles. The van der Waals surface area contributed by atoms with Crippen molar-refractivity contribution in [3.8, 4) is 0 Å². The number of pyridine rings is 2. The first-order valence-corrected chi connectivity index (χ1v) is 15.3. The van der Waals surface area contributed by atoms with Gasteiger partial charge in [-0.3, -0.25) is 20.0 Å². The number of aliphatic imine (C=N–C) groups is 2. The lowest BCUT2D eigenvalue weighted by molar-refractivity contribution is 0.368. The fourth-order valence-electron chi connectivity index (χ4n) is 4.29. The molecule has 3 heterocycles. The molecule has 2 aliphatic rings. The van der Waals surface area contributed by atoms with Crippen LogP contribution in [0.4, 0.5) is 0 Å². The maximum Gasteiger partial charge on any atom is 0.414 e. The van der Waals surface area contributed by atoms with Crippen molar-refractivity contribution in [3.05, 3.63) is 120 Å². The Labute approximate surface area is 231 Å². The van der Waals surface area contributed by atoms with Crippen LogP contribution in [0.2, 0.25) is 0 Å². The van der Waals surface area contributed by atoms with Gasteiger partial charge in [0.2, 0.25) is 0 Å². The molecule has 1 aromatic carbocycles. The summed E-state index contributed by atoms with van der Waals surface area (Å²) < 4.78 is 37.8. The molecule has 11 nitrogen and oxygen atoms in total. The molecule has 3 aromatic rings. The number of nitrogens with zero attached hydrogens (tertiary/aromatic N) is 4. The van der Waals surface area contributed by atoms with Gasteiger partial charge in [-0.25, -0.2) is 13.0 Å². The molecule has 0 fully saturated rings. The highest BCUT2D eigenvalue weighted by atomic mass is 32.2. The average Bonchev–Trinajstić information content (AvgIpc) is 2.92. The summed E-state index contributed by atoms with van der Waals surface area (Å²) in [5.41, 5.74) is 3.86. The highest BCUT2D eigenvalue weighted by Crippen LogP contribution is 2.33. The first kappa shape index (κ1) is 27.5. The van der Waals surface area contributed by atoms with Gasteiger partial charge in [-0.15, -0.1) is 4.49 Å². The molecule has 0 saturated heterocycles. The van der Waals surface area contributed by atoms with Gasteiger partial charge in [-0.1, -0.05) is 60.7 Å². The first-order chi connectivity index (χ1) is 19.2. The van der Waals surface area contributed by atoms with Crippen molar-refractivity contribution in [3.63, 3.8) is 0 Å². The standard InChI is InChI=1S/C27H25N6O5PS/c34-39(35,36)33-40(37,38)22-15-20(16-28-18-22)26-31-24-13-6-2-5-12-23(19-9-3-1-4-10-19)25(24)27(32-26)30-17-21-11-7-8-14-29-21/h1-12,14-16,18,24H,13,17H2,(H,30,31,32)(H3,33,34,35,36)/t24-/m0/s1. The molecule has 0 amide bonds. The molecule has 4 N–H and O–H groups in total. The summed E-state index contributed by atoms with van der Waals surface area (Å²) in [5, 5.41) is 3.26. The van der Waals surface area contributed by atoms with E-state index in [0.29, 0.717) is 23.7 Å². The minimum absolute atomic E-state index is 0.285. The molecule has 0 spiro atoms. The number of amidine groups is 2. The molecular formula is C27H25N6O5PS. The lowest BCUT2D eigenvalue weighted by atomic mass is 9.89. The second-order valence-electron chi connectivity index (χ2n) is 8.87. The number of aromatic nitrogens is 2. The highest BCUT2D eigenvalue weighted by molar-refractivity contribution is 7.94. The van der Waals surface area contributed by atoms with Gasteiger partial charge in [0.05, 0.1) is 18.3 Å². The smallest absolute Gasteiger partial charge is 0.325 e. The van der Waals surface area contributed by atoms with E-state index in [-0.39, 0.29) is 12.6 Å². The zero-order valence-electron chi connectivity index (χ0n) is 21.0. The molecule has 13 heteroatoms. The Kier molecular flexibility index (Phi) is 7.97. The van der Waals surface area contributed by atoms with Crippen LogP contribution in [0.25, 0.3) is 5.57 Å². The Balaban J connectivity index is 1.64. The van der Waals surface area contributed by atoms with E-state index in [9.17, 15) is 13.0 Å². The van der Waals surface area contributed by atoms with Crippen LogP contribution in [-0.4, -0.2) is 45.9 Å². The Morgan fingerprint density at radius 2 is 1.85 bits per heavy atom. The van der Waals surface area contributed by atoms with Gasteiger partial charge in [0.25, 0.3) is 10.0 Å². The number of hydrogen-bond acceptors (Lipinski definition) is 7. The number of nitrogens with one attached hydrogen (secondary N) is 2. The number of hydrogen-bond donors (Lipinski definition) is 4. The van der Waals surface area contributed by atoms with Crippen LogP contribution in [0.3, 0.4) is 0 Å². The topological polar surface area (TPSA) is 166 Å². The monoisotopic (exact) mass is 576 g/mol. The van der Waals surface area contributed by atoms with Crippen LogP contribution in [0.15, 0.2) is 118 Å². The minimum Gasteiger partial charge on any atom is -0.325 e. The maximum absolute atomic E-state index is 12.6. The van der Waals surface area contributed by atoms with E-state index in [1.54, 1.807) is 6.20 Å². The van der Waals surface area contributed by atoms with Gasteiger partial charge in [-0.05, 0) is 35.8 Å². The highest BCUT2D eigenvalue weighted by Gasteiger charge is 2.30. The molecule has 204 valence electrons. The molecule has 0 unspecified atom stereocenters. The molecular weight excluding hydrogens is 551 g/mol. The number of allylic oxidation sites excluding steroid dienone is 4. The van der Waals surface area contributed by atoms with E-state index in [4.69, 9.17) is 19.8 Å². The van der Waals surface area contributed by atoms with E-state index >= 15 is 0 Å². The molecule has 0 bridgehead atoms. The normalized spacial score (nSPS) is 18.5. The molecule has 1 aliphatic heterocycles. The third-order valence-corrected chi connectivity index (χ3v) is 8.77. The van der Waals surface area contributed by atoms with Gasteiger partial charge in [0.1, 0.15) is 16.6 Å². The van der Waals surface area contributed by atoms with Crippen LogP contribution in [0.5, 0.6) is 0 Å². The van der Waals surface area contributed by atoms with E-state index in [1.807, 2.05) is 72.8 Å². The summed E-state index contributed by atoms with van der Waals surface area (Å²) in [4.78, 5) is 36.0. The van der Waals surface area contributed by atoms with E-state index in [1.165, 1.54) is 16.8 Å². The van der Waals surface area contributed by atoms with Crippen molar-refractivity contribution in [1.82, 2.24) is 19.8 Å². The predicted molar refractivity (Wildman–Crippen MR) is 152 cm³/mol. The van der Waals surface area contributed by atoms with Crippen LogP contribution in [-0.2, 0) is 21.1 Å². The van der Waals surface area contributed by atoms with Crippen molar-refractivity contribution < 1.29 is 22.8 Å². The van der Waals surface area contributed by atoms with Crippen molar-refractivity contribution in [1.29, 1.82) is 0 Å². The van der Waals surface area contributed by atoms with Gasteiger partial charge >= 0.3 is 7.75 Å². The maximum atomic E-state index is 12.6. The molecule has 2 aromatic heterocycles. The quantitative estimate of drug-likeness (QED) is 0.311. The van der Waals surface area contributed by atoms with Crippen LogP contribution in [0.1, 0.15) is 23.2 Å². The molecule has 0 radical (unpaired) electrons. The second kappa shape index (κ2) is 11.6. The Morgan fingerprint density at radius 3 is 2.60 bits per heavy atom. The summed E-state index contributed by atoms with van der Waals surface area (Å²) in [6.45, 7) is 0.285. The summed E-state index contributed by atoms with van der Waals surface area (Å²) in [6, 6.07) is 16.3. The molecule has 5 rings (SSSR count). The number of fused-ring (bicyclic) bond motifs is 1. The van der Waals surface area contributed by atoms with Crippen LogP contribution < -0.4 is 9.81 Å². The summed E-state index contributed by atoms with van der Waals surface area (Å²) in [5.74, 6) is 0.862. The van der Waals surface area contributed by atoms with Crippen LogP contribution in [0, 0.1) is 0 Å². The Morgan fingerprint density at radius 1 is 1.05 bits per heavy atom. The predicted octanol–water partition coefficient (Wildman–Crippen LogP) is 3.13. The van der Waals surface area contributed by atoms with E-state index < -0.39 is 22.7 Å². The zero-order valence-corrected chi connectivity index (χ0v) is 22.7. The largest absolute Gasteiger partial charge is 0.414 e. The number of sulfonamides is 1. The van der Waals surface area contributed by atoms with Gasteiger partial charge in [0, 0.05) is 29.7 Å². The van der Waals surface area contributed by atoms with Crippen molar-refractivity contribution in [2.45, 2.75) is 23.9 Å². The second-order valence-corrected chi connectivity index (χ2v) is 12.2. The third kappa shape index (κ3) is 6.56. The lowest BCUT2D eigenvalue weighted by Gasteiger charge is -2.29. The lowest BCUT2D eigenvalue weighted by Crippen LogP contribution is -2.42. The fourth-order valence-corrected chi connectivity index (χ4v) is 6.45. The average molecular weight is 577 g/mol. The third-order valence-electron chi connectivity index (χ3n) is 6.02. The minimum atomic E-state index is -5.07. The fraction of sp³-hybridized carbons (Fsp3) is 0.111. The van der Waals surface area contributed by atoms with Crippen molar-refractivity contribution >= 4 is 35.0 Å². The SMILES string of the molecule is O=P(O)(O)NS(=O)(=O)c1cncc(C2=N[C@H]3CC=CC=CC(c4ccccc4)=C3C(=NCc3ccccn3)N2)c1. The van der Waals surface area contributed by atoms with E-state index in [2.05, 4.69) is 15.3 Å². The molecule has 40 heavy (non-hydrogen) atoms. The van der Waals surface area contributed by atoms with Gasteiger partial charge in [0.15, 0.2) is 0 Å². The Bertz CT molecular complexity index is 1710. The van der Waals surface area contributed by atoms with Gasteiger partial charge in [-0.2, -0.15) is 0 Å². The summed E-state index contributed by atoms with van der Waals surface area (Å²) in [7, 11) is -9.61. The summed E-state index contributed by atoms with van der Waals surface area (Å²) >= 11 is 0. The van der Waals surface area contributed by atoms with E-state index in [0.717, 1.165) is 28.6 Å². The number of benzene rings is 1. The molecule has 1 atom stereocenters. The number of rotatable bonds is 7. The first-order valence-electron chi connectivity index (χ1n) is 12.2. The van der Waals surface area contributed by atoms with Crippen LogP contribution >= 0.6 is 7.75 Å². The van der Waals surface area contributed by atoms with Crippen molar-refractivity contribution in [2.75, 3.05) is 0 Å². The van der Waals surface area contributed by atoms with Crippen molar-refractivity contribution in [2.24, 2.45) is 9.98 Å². The Hall–Kier alpha value is -4.06. The molecule has 1 aliphatic carbocycles. The van der Waals surface area contributed by atoms with Gasteiger partial charge < -0.3 is 15.1 Å².